The first-order chi connectivity index (χ1) is 14.1. The minimum absolute atomic E-state index is 0.0333. The van der Waals surface area contributed by atoms with E-state index in [-0.39, 0.29) is 17.2 Å². The number of piperidine rings is 2. The van der Waals surface area contributed by atoms with Crippen LogP contribution in [-0.2, 0) is 22.6 Å². The summed E-state index contributed by atoms with van der Waals surface area (Å²) in [6, 6.07) is 7.86. The Morgan fingerprint density at radius 2 is 1.66 bits per heavy atom. The molecule has 0 saturated carbocycles. The molecule has 6 nitrogen and oxygen atoms in total. The molecule has 1 atom stereocenters. The molecule has 2 aliphatic rings. The SMILES string of the molecule is O=C(CCc1ccncc1)N1CCCC2(CCC(=O)N(Cc3ccncc3)C2)C1. The summed E-state index contributed by atoms with van der Waals surface area (Å²) in [5, 5.41) is 0. The summed E-state index contributed by atoms with van der Waals surface area (Å²) in [7, 11) is 0. The van der Waals surface area contributed by atoms with Crippen molar-refractivity contribution in [1.29, 1.82) is 0 Å². The molecule has 4 heterocycles. The highest BCUT2D eigenvalue weighted by molar-refractivity contribution is 5.78. The van der Waals surface area contributed by atoms with Gasteiger partial charge in [0.25, 0.3) is 0 Å². The van der Waals surface area contributed by atoms with Gasteiger partial charge in [0.15, 0.2) is 0 Å². The van der Waals surface area contributed by atoms with E-state index < -0.39 is 0 Å². The van der Waals surface area contributed by atoms with Gasteiger partial charge in [-0.05, 0) is 61.1 Å². The van der Waals surface area contributed by atoms with Crippen molar-refractivity contribution in [3.63, 3.8) is 0 Å². The molecule has 29 heavy (non-hydrogen) atoms. The van der Waals surface area contributed by atoms with E-state index >= 15 is 0 Å². The Balaban J connectivity index is 1.38. The van der Waals surface area contributed by atoms with Gasteiger partial charge in [-0.1, -0.05) is 0 Å². The number of aryl methyl sites for hydroxylation is 1. The van der Waals surface area contributed by atoms with Crippen LogP contribution in [0.2, 0.25) is 0 Å². The predicted molar refractivity (Wildman–Crippen MR) is 110 cm³/mol. The molecule has 2 saturated heterocycles. The summed E-state index contributed by atoms with van der Waals surface area (Å²) >= 11 is 0. The fourth-order valence-corrected chi connectivity index (χ4v) is 4.67. The zero-order valence-electron chi connectivity index (χ0n) is 16.8. The molecule has 0 radical (unpaired) electrons. The lowest BCUT2D eigenvalue weighted by atomic mass is 9.73. The molecule has 1 spiro atoms. The monoisotopic (exact) mass is 392 g/mol. The largest absolute Gasteiger partial charge is 0.342 e. The van der Waals surface area contributed by atoms with Crippen molar-refractivity contribution in [2.45, 2.75) is 45.1 Å². The van der Waals surface area contributed by atoms with Crippen LogP contribution >= 0.6 is 0 Å². The normalized spacial score (nSPS) is 22.1. The van der Waals surface area contributed by atoms with E-state index in [9.17, 15) is 9.59 Å². The second-order valence-electron chi connectivity index (χ2n) is 8.38. The van der Waals surface area contributed by atoms with E-state index in [1.54, 1.807) is 24.8 Å². The highest BCUT2D eigenvalue weighted by Crippen LogP contribution is 2.39. The molecule has 0 bridgehead atoms. The van der Waals surface area contributed by atoms with Gasteiger partial charge in [-0.25, -0.2) is 0 Å². The van der Waals surface area contributed by atoms with E-state index in [4.69, 9.17) is 0 Å². The van der Waals surface area contributed by atoms with Crippen molar-refractivity contribution in [3.05, 3.63) is 60.2 Å². The summed E-state index contributed by atoms with van der Waals surface area (Å²) in [4.78, 5) is 37.5. The van der Waals surface area contributed by atoms with Crippen LogP contribution < -0.4 is 0 Å². The molecule has 0 aliphatic carbocycles. The van der Waals surface area contributed by atoms with Gasteiger partial charge in [-0.3, -0.25) is 19.6 Å². The van der Waals surface area contributed by atoms with Crippen LogP contribution in [0.15, 0.2) is 49.1 Å². The molecule has 0 N–H and O–H groups in total. The van der Waals surface area contributed by atoms with Crippen LogP contribution in [0.4, 0.5) is 0 Å². The van der Waals surface area contributed by atoms with E-state index in [0.29, 0.717) is 19.4 Å². The second kappa shape index (κ2) is 8.72. The Kier molecular flexibility index (Phi) is 5.88. The van der Waals surface area contributed by atoms with Gasteiger partial charge < -0.3 is 9.80 Å². The first-order valence-corrected chi connectivity index (χ1v) is 10.5. The fourth-order valence-electron chi connectivity index (χ4n) is 4.67. The Bertz CT molecular complexity index is 842. The number of likely N-dealkylation sites (tertiary alicyclic amines) is 2. The third kappa shape index (κ3) is 4.81. The van der Waals surface area contributed by atoms with Gasteiger partial charge in [-0.2, -0.15) is 0 Å². The van der Waals surface area contributed by atoms with Crippen LogP contribution in [0.25, 0.3) is 0 Å². The van der Waals surface area contributed by atoms with Gasteiger partial charge in [0, 0.05) is 69.2 Å². The third-order valence-corrected chi connectivity index (χ3v) is 6.26. The van der Waals surface area contributed by atoms with Crippen molar-refractivity contribution in [3.8, 4) is 0 Å². The highest BCUT2D eigenvalue weighted by Gasteiger charge is 2.42. The van der Waals surface area contributed by atoms with Crippen LogP contribution in [-0.4, -0.2) is 51.2 Å². The average molecular weight is 393 g/mol. The number of rotatable bonds is 5. The number of aromatic nitrogens is 2. The van der Waals surface area contributed by atoms with Crippen molar-refractivity contribution >= 4 is 11.8 Å². The lowest BCUT2D eigenvalue weighted by molar-refractivity contribution is -0.143. The fraction of sp³-hybridized carbons (Fsp3) is 0.478. The first kappa shape index (κ1) is 19.6. The Labute approximate surface area is 172 Å². The molecule has 2 aromatic rings. The minimum Gasteiger partial charge on any atom is -0.342 e. The van der Waals surface area contributed by atoms with Gasteiger partial charge in [0.05, 0.1) is 0 Å². The maximum atomic E-state index is 12.9. The number of nitrogens with zero attached hydrogens (tertiary/aromatic N) is 4. The van der Waals surface area contributed by atoms with Crippen molar-refractivity contribution < 1.29 is 9.59 Å². The standard InChI is InChI=1S/C23H28N4O2/c28-21(3-2-19-5-11-24-12-6-19)26-15-1-9-23(17-26)10-4-22(29)27(18-23)16-20-7-13-25-14-8-20/h5-8,11-14H,1-4,9-10,15-18H2. The van der Waals surface area contributed by atoms with Crippen LogP contribution in [0, 0.1) is 5.41 Å². The van der Waals surface area contributed by atoms with Crippen LogP contribution in [0.5, 0.6) is 0 Å². The topological polar surface area (TPSA) is 66.4 Å². The van der Waals surface area contributed by atoms with Crippen molar-refractivity contribution in [2.75, 3.05) is 19.6 Å². The second-order valence-corrected chi connectivity index (χ2v) is 8.38. The molecular weight excluding hydrogens is 364 g/mol. The summed E-state index contributed by atoms with van der Waals surface area (Å²) in [6.45, 7) is 2.96. The molecule has 0 aromatic carbocycles. The molecule has 1 unspecified atom stereocenters. The van der Waals surface area contributed by atoms with E-state index in [1.807, 2.05) is 34.1 Å². The summed E-state index contributed by atoms with van der Waals surface area (Å²) in [6.07, 6.45) is 11.9. The first-order valence-electron chi connectivity index (χ1n) is 10.5. The predicted octanol–water partition coefficient (Wildman–Crippen LogP) is 2.84. The minimum atomic E-state index is 0.0333. The molecule has 2 aliphatic heterocycles. The van der Waals surface area contributed by atoms with Gasteiger partial charge >= 0.3 is 0 Å². The zero-order chi connectivity index (χ0) is 20.1. The number of amides is 2. The Morgan fingerprint density at radius 1 is 0.966 bits per heavy atom. The smallest absolute Gasteiger partial charge is 0.222 e. The molecular formula is C23H28N4O2. The van der Waals surface area contributed by atoms with E-state index in [2.05, 4.69) is 9.97 Å². The molecule has 2 amide bonds. The van der Waals surface area contributed by atoms with Crippen LogP contribution in [0.3, 0.4) is 0 Å². The lowest BCUT2D eigenvalue weighted by Gasteiger charge is -2.48. The quantitative estimate of drug-likeness (QED) is 0.785. The number of pyridine rings is 2. The summed E-state index contributed by atoms with van der Waals surface area (Å²) in [5.74, 6) is 0.437. The van der Waals surface area contributed by atoms with E-state index in [0.717, 1.165) is 56.4 Å². The van der Waals surface area contributed by atoms with E-state index in [1.165, 1.54) is 0 Å². The summed E-state index contributed by atoms with van der Waals surface area (Å²) in [5.41, 5.74) is 2.28. The van der Waals surface area contributed by atoms with Crippen LogP contribution in [0.1, 0.15) is 43.2 Å². The number of hydrogen-bond acceptors (Lipinski definition) is 4. The molecule has 2 fully saturated rings. The number of carbonyl (C=O) groups excluding carboxylic acids is 2. The highest BCUT2D eigenvalue weighted by atomic mass is 16.2. The Hall–Kier alpha value is -2.76. The summed E-state index contributed by atoms with van der Waals surface area (Å²) < 4.78 is 0. The molecule has 2 aromatic heterocycles. The van der Waals surface area contributed by atoms with Gasteiger partial charge in [0.1, 0.15) is 0 Å². The maximum Gasteiger partial charge on any atom is 0.222 e. The zero-order valence-corrected chi connectivity index (χ0v) is 16.8. The molecule has 6 heteroatoms. The number of carbonyl (C=O) groups is 2. The molecule has 4 rings (SSSR count). The van der Waals surface area contributed by atoms with Crippen molar-refractivity contribution in [1.82, 2.24) is 19.8 Å². The Morgan fingerprint density at radius 3 is 2.38 bits per heavy atom. The number of hydrogen-bond donors (Lipinski definition) is 0. The average Bonchev–Trinajstić information content (AvgIpc) is 2.76. The third-order valence-electron chi connectivity index (χ3n) is 6.26. The van der Waals surface area contributed by atoms with Crippen molar-refractivity contribution in [2.24, 2.45) is 5.41 Å². The van der Waals surface area contributed by atoms with Gasteiger partial charge in [0.2, 0.25) is 11.8 Å². The lowest BCUT2D eigenvalue weighted by Crippen LogP contribution is -2.54. The maximum absolute atomic E-state index is 12.9. The van der Waals surface area contributed by atoms with Gasteiger partial charge in [-0.15, -0.1) is 0 Å². The molecule has 152 valence electrons.